The van der Waals surface area contributed by atoms with Gasteiger partial charge in [0.15, 0.2) is 11.5 Å². The van der Waals surface area contributed by atoms with Crippen LogP contribution in [0, 0.1) is 0 Å². The average Bonchev–Trinajstić information content (AvgIpc) is 2.50. The van der Waals surface area contributed by atoms with Crippen molar-refractivity contribution in [3.63, 3.8) is 0 Å². The molecule has 0 spiro atoms. The van der Waals surface area contributed by atoms with Gasteiger partial charge in [0.1, 0.15) is 0 Å². The molecule has 0 bridgehead atoms. The average molecular weight is 308 g/mol. The van der Waals surface area contributed by atoms with E-state index >= 15 is 0 Å². The minimum atomic E-state index is -0.187. The molecule has 0 unspecified atom stereocenters. The highest BCUT2D eigenvalue weighted by Gasteiger charge is 2.23. The molecule has 5 heteroatoms. The van der Waals surface area contributed by atoms with E-state index in [1.165, 1.54) is 0 Å². The lowest BCUT2D eigenvalue weighted by molar-refractivity contribution is -0.121. The summed E-state index contributed by atoms with van der Waals surface area (Å²) in [6.45, 7) is 5.53. The number of amides is 1. The number of rotatable bonds is 8. The van der Waals surface area contributed by atoms with Gasteiger partial charge in [0, 0.05) is 24.9 Å². The molecular weight excluding hydrogens is 280 g/mol. The molecule has 0 saturated carbocycles. The van der Waals surface area contributed by atoms with Crippen LogP contribution >= 0.6 is 0 Å². The van der Waals surface area contributed by atoms with Crippen LogP contribution in [0.3, 0.4) is 0 Å². The highest BCUT2D eigenvalue weighted by atomic mass is 16.5. The smallest absolute Gasteiger partial charge is 0.221 e. The maximum Gasteiger partial charge on any atom is 0.221 e. The molecular formula is C17H28N2O3. The summed E-state index contributed by atoms with van der Waals surface area (Å²) in [6.07, 6.45) is 0.509. The molecule has 22 heavy (non-hydrogen) atoms. The van der Waals surface area contributed by atoms with Crippen molar-refractivity contribution in [1.82, 2.24) is 10.2 Å². The van der Waals surface area contributed by atoms with Crippen LogP contribution in [0.2, 0.25) is 0 Å². The van der Waals surface area contributed by atoms with Crippen LogP contribution in [-0.4, -0.2) is 52.2 Å². The van der Waals surface area contributed by atoms with Crippen molar-refractivity contribution in [1.29, 1.82) is 0 Å². The molecule has 1 N–H and O–H groups in total. The van der Waals surface area contributed by atoms with E-state index in [0.717, 1.165) is 12.1 Å². The summed E-state index contributed by atoms with van der Waals surface area (Å²) >= 11 is 0. The predicted octanol–water partition coefficient (Wildman–Crippen LogP) is 2.05. The van der Waals surface area contributed by atoms with Gasteiger partial charge in [0.05, 0.1) is 14.2 Å². The molecule has 0 radical (unpaired) electrons. The van der Waals surface area contributed by atoms with Crippen molar-refractivity contribution in [2.45, 2.75) is 25.7 Å². The maximum atomic E-state index is 11.9. The summed E-state index contributed by atoms with van der Waals surface area (Å²) in [6, 6.07) is 5.86. The van der Waals surface area contributed by atoms with Gasteiger partial charge >= 0.3 is 0 Å². The number of nitrogens with one attached hydrogen (secondary N) is 1. The zero-order valence-electron chi connectivity index (χ0n) is 14.5. The number of methoxy groups -OCH3 is 2. The minimum Gasteiger partial charge on any atom is -0.493 e. The number of benzene rings is 1. The molecule has 0 aliphatic heterocycles. The Bertz CT molecular complexity index is 499. The largest absolute Gasteiger partial charge is 0.493 e. The van der Waals surface area contributed by atoms with Gasteiger partial charge < -0.3 is 19.7 Å². The third-order valence-electron chi connectivity index (χ3n) is 3.68. The molecule has 0 aliphatic rings. The molecule has 5 nitrogen and oxygen atoms in total. The van der Waals surface area contributed by atoms with Gasteiger partial charge in [-0.3, -0.25) is 4.79 Å². The van der Waals surface area contributed by atoms with E-state index in [1.54, 1.807) is 14.2 Å². The number of ether oxygens (including phenoxy) is 2. The third kappa shape index (κ3) is 5.22. The second-order valence-corrected chi connectivity index (χ2v) is 6.28. The number of hydrogen-bond acceptors (Lipinski definition) is 4. The van der Waals surface area contributed by atoms with Crippen molar-refractivity contribution < 1.29 is 14.3 Å². The van der Waals surface area contributed by atoms with E-state index in [2.05, 4.69) is 19.2 Å². The van der Waals surface area contributed by atoms with Crippen LogP contribution in [0.5, 0.6) is 11.5 Å². The molecule has 124 valence electrons. The number of carbonyl (C=O) groups is 1. The van der Waals surface area contributed by atoms with Crippen molar-refractivity contribution in [2.75, 3.05) is 41.4 Å². The van der Waals surface area contributed by atoms with Gasteiger partial charge in [-0.25, -0.2) is 0 Å². The van der Waals surface area contributed by atoms with Crippen LogP contribution < -0.4 is 14.8 Å². The van der Waals surface area contributed by atoms with Gasteiger partial charge in [-0.1, -0.05) is 19.9 Å². The van der Waals surface area contributed by atoms with Gasteiger partial charge in [0.2, 0.25) is 5.91 Å². The Hall–Kier alpha value is -1.75. The van der Waals surface area contributed by atoms with E-state index in [-0.39, 0.29) is 11.3 Å². The lowest BCUT2D eigenvalue weighted by atomic mass is 9.84. The first-order valence-corrected chi connectivity index (χ1v) is 7.44. The van der Waals surface area contributed by atoms with Crippen LogP contribution in [0.15, 0.2) is 18.2 Å². The fraction of sp³-hybridized carbons (Fsp3) is 0.588. The highest BCUT2D eigenvalue weighted by Crippen LogP contribution is 2.32. The predicted molar refractivity (Wildman–Crippen MR) is 88.8 cm³/mol. The Morgan fingerprint density at radius 3 is 2.36 bits per heavy atom. The summed E-state index contributed by atoms with van der Waals surface area (Å²) < 4.78 is 10.6. The summed E-state index contributed by atoms with van der Waals surface area (Å²) in [4.78, 5) is 13.9. The molecule has 0 aromatic heterocycles. The van der Waals surface area contributed by atoms with Crippen LogP contribution in [-0.2, 0) is 10.2 Å². The standard InChI is InChI=1S/C17H28N2O3/c1-17(2,12-18-16(20)9-10-19(3)4)13-7-8-14(21-5)15(11-13)22-6/h7-8,11H,9-10,12H2,1-6H3,(H,18,20). The van der Waals surface area contributed by atoms with Gasteiger partial charge in [-0.2, -0.15) is 0 Å². The van der Waals surface area contributed by atoms with Crippen LogP contribution in [0.4, 0.5) is 0 Å². The lowest BCUT2D eigenvalue weighted by Gasteiger charge is -2.26. The SMILES string of the molecule is COc1ccc(C(C)(C)CNC(=O)CCN(C)C)cc1OC. The van der Waals surface area contributed by atoms with Gasteiger partial charge in [-0.05, 0) is 31.8 Å². The summed E-state index contributed by atoms with van der Waals surface area (Å²) in [7, 11) is 7.16. The highest BCUT2D eigenvalue weighted by molar-refractivity contribution is 5.76. The van der Waals surface area contributed by atoms with Gasteiger partial charge in [-0.15, -0.1) is 0 Å². The first kappa shape index (κ1) is 18.3. The summed E-state index contributed by atoms with van der Waals surface area (Å²) in [5, 5.41) is 3.01. The van der Waals surface area contributed by atoms with Crippen LogP contribution in [0.1, 0.15) is 25.8 Å². The lowest BCUT2D eigenvalue weighted by Crippen LogP contribution is -2.37. The monoisotopic (exact) mass is 308 g/mol. The molecule has 0 atom stereocenters. The Morgan fingerprint density at radius 2 is 1.82 bits per heavy atom. The Balaban J connectivity index is 2.71. The van der Waals surface area contributed by atoms with Gasteiger partial charge in [0.25, 0.3) is 0 Å². The van der Waals surface area contributed by atoms with Crippen molar-refractivity contribution >= 4 is 5.91 Å². The molecule has 0 heterocycles. The van der Waals surface area contributed by atoms with E-state index in [4.69, 9.17) is 9.47 Å². The fourth-order valence-electron chi connectivity index (χ4n) is 2.09. The van der Waals surface area contributed by atoms with Crippen LogP contribution in [0.25, 0.3) is 0 Å². The zero-order valence-corrected chi connectivity index (χ0v) is 14.5. The summed E-state index contributed by atoms with van der Waals surface area (Å²) in [5.41, 5.74) is 0.908. The molecule has 1 aromatic carbocycles. The van der Waals surface area contributed by atoms with Crippen molar-refractivity contribution in [3.05, 3.63) is 23.8 Å². The van der Waals surface area contributed by atoms with E-state index in [0.29, 0.717) is 24.5 Å². The molecule has 1 rings (SSSR count). The second-order valence-electron chi connectivity index (χ2n) is 6.28. The molecule has 0 saturated heterocycles. The number of nitrogens with zero attached hydrogens (tertiary/aromatic N) is 1. The molecule has 0 fully saturated rings. The number of carbonyl (C=O) groups excluding carboxylic acids is 1. The Morgan fingerprint density at radius 1 is 1.18 bits per heavy atom. The maximum absolute atomic E-state index is 11.9. The molecule has 1 aromatic rings. The first-order chi connectivity index (χ1) is 10.3. The van der Waals surface area contributed by atoms with E-state index in [9.17, 15) is 4.79 Å². The molecule has 1 amide bonds. The number of hydrogen-bond donors (Lipinski definition) is 1. The first-order valence-electron chi connectivity index (χ1n) is 7.44. The van der Waals surface area contributed by atoms with E-state index in [1.807, 2.05) is 37.2 Å². The quantitative estimate of drug-likeness (QED) is 0.798. The third-order valence-corrected chi connectivity index (χ3v) is 3.68. The second kappa shape index (κ2) is 8.03. The van der Waals surface area contributed by atoms with Crippen molar-refractivity contribution in [3.8, 4) is 11.5 Å². The minimum absolute atomic E-state index is 0.0715. The normalized spacial score (nSPS) is 11.4. The van der Waals surface area contributed by atoms with Crippen molar-refractivity contribution in [2.24, 2.45) is 0 Å². The fourth-order valence-corrected chi connectivity index (χ4v) is 2.09. The topological polar surface area (TPSA) is 50.8 Å². The summed E-state index contributed by atoms with van der Waals surface area (Å²) in [5.74, 6) is 1.48. The Labute approximate surface area is 133 Å². The van der Waals surface area contributed by atoms with E-state index < -0.39 is 0 Å². The zero-order chi connectivity index (χ0) is 16.8. The Kier molecular flexibility index (Phi) is 6.68. The molecule has 0 aliphatic carbocycles.